The second-order valence-electron chi connectivity index (χ2n) is 2.01. The molecule has 1 rings (SSSR count). The zero-order chi connectivity index (χ0) is 8.27. The number of hydrogen-bond donors (Lipinski definition) is 0. The van der Waals surface area contributed by atoms with Gasteiger partial charge in [-0.15, -0.1) is 10.2 Å². The van der Waals surface area contributed by atoms with Crippen LogP contribution in [0, 0.1) is 11.3 Å². The van der Waals surface area contributed by atoms with Crippen LogP contribution in [0.5, 0.6) is 0 Å². The van der Waals surface area contributed by atoms with Crippen molar-refractivity contribution >= 4 is 11.6 Å². The summed E-state index contributed by atoms with van der Waals surface area (Å²) in [4.78, 5) is 0. The number of aryl methyl sites for hydroxylation is 1. The molecule has 0 radical (unpaired) electrons. The van der Waals surface area contributed by atoms with Gasteiger partial charge in [-0.25, -0.2) is 0 Å². The van der Waals surface area contributed by atoms with Crippen molar-refractivity contribution in [2.75, 3.05) is 0 Å². The van der Waals surface area contributed by atoms with Gasteiger partial charge in [0.05, 0.1) is 0 Å². The molecule has 0 aliphatic carbocycles. The van der Waals surface area contributed by atoms with Gasteiger partial charge in [-0.3, -0.25) is 0 Å². The van der Waals surface area contributed by atoms with E-state index in [1.54, 1.807) is 6.07 Å². The maximum absolute atomic E-state index is 8.45. The maximum Gasteiger partial charge on any atom is 0.163 e. The minimum Gasteiger partial charge on any atom is -0.191 e. The van der Waals surface area contributed by atoms with Crippen molar-refractivity contribution in [2.24, 2.45) is 0 Å². The Kier molecular flexibility index (Phi) is 2.40. The molecular formula is C7H6ClN3. The molecular weight excluding hydrogens is 162 g/mol. The van der Waals surface area contributed by atoms with Gasteiger partial charge in [-0.2, -0.15) is 5.26 Å². The summed E-state index contributed by atoms with van der Waals surface area (Å²) in [6.45, 7) is 1.95. The molecule has 0 aromatic carbocycles. The number of nitriles is 1. The normalized spacial score (nSPS) is 9.18. The first kappa shape index (κ1) is 7.96. The first-order chi connectivity index (χ1) is 5.27. The summed E-state index contributed by atoms with van der Waals surface area (Å²) < 4.78 is 0. The highest BCUT2D eigenvalue weighted by atomic mass is 35.5. The Bertz CT molecular complexity index is 303. The molecule has 0 bridgehead atoms. The van der Waals surface area contributed by atoms with Crippen molar-refractivity contribution in [2.45, 2.75) is 13.3 Å². The van der Waals surface area contributed by atoms with E-state index in [0.29, 0.717) is 10.8 Å². The van der Waals surface area contributed by atoms with Crippen molar-refractivity contribution in [3.05, 3.63) is 22.5 Å². The molecule has 0 aliphatic heterocycles. The average molecular weight is 168 g/mol. The molecule has 0 saturated heterocycles. The van der Waals surface area contributed by atoms with Gasteiger partial charge >= 0.3 is 0 Å². The van der Waals surface area contributed by atoms with E-state index >= 15 is 0 Å². The lowest BCUT2D eigenvalue weighted by Crippen LogP contribution is -1.92. The predicted molar refractivity (Wildman–Crippen MR) is 41.1 cm³/mol. The fourth-order valence-corrected chi connectivity index (χ4v) is 0.944. The predicted octanol–water partition coefficient (Wildman–Crippen LogP) is 1.56. The van der Waals surface area contributed by atoms with Crippen LogP contribution < -0.4 is 0 Å². The Balaban J connectivity index is 3.15. The standard InChI is InChI=1S/C7H6ClN3/c1-2-5-3-6(4-9)10-11-7(5)8/h3H,2H2,1H3. The van der Waals surface area contributed by atoms with Crippen LogP contribution >= 0.6 is 11.6 Å². The molecule has 0 saturated carbocycles. The van der Waals surface area contributed by atoms with Crippen LogP contribution in [0.1, 0.15) is 18.2 Å². The van der Waals surface area contributed by atoms with Crippen LogP contribution in [0.2, 0.25) is 5.15 Å². The van der Waals surface area contributed by atoms with E-state index in [4.69, 9.17) is 16.9 Å². The van der Waals surface area contributed by atoms with Crippen molar-refractivity contribution in [3.63, 3.8) is 0 Å². The van der Waals surface area contributed by atoms with Gasteiger partial charge in [0.1, 0.15) is 6.07 Å². The lowest BCUT2D eigenvalue weighted by atomic mass is 10.2. The third kappa shape index (κ3) is 1.66. The van der Waals surface area contributed by atoms with E-state index < -0.39 is 0 Å². The van der Waals surface area contributed by atoms with Gasteiger partial charge < -0.3 is 0 Å². The van der Waals surface area contributed by atoms with Crippen LogP contribution in [0.15, 0.2) is 6.07 Å². The van der Waals surface area contributed by atoms with Crippen molar-refractivity contribution < 1.29 is 0 Å². The second-order valence-corrected chi connectivity index (χ2v) is 2.37. The van der Waals surface area contributed by atoms with Crippen LogP contribution in [0.3, 0.4) is 0 Å². The van der Waals surface area contributed by atoms with Crippen LogP contribution in [-0.4, -0.2) is 10.2 Å². The van der Waals surface area contributed by atoms with E-state index in [1.165, 1.54) is 0 Å². The van der Waals surface area contributed by atoms with Crippen LogP contribution in [0.4, 0.5) is 0 Å². The van der Waals surface area contributed by atoms with E-state index in [-0.39, 0.29) is 0 Å². The van der Waals surface area contributed by atoms with Crippen molar-refractivity contribution in [1.29, 1.82) is 5.26 Å². The molecule has 0 atom stereocenters. The summed E-state index contributed by atoms with van der Waals surface area (Å²) in [6, 6.07) is 3.54. The number of hydrogen-bond acceptors (Lipinski definition) is 3. The van der Waals surface area contributed by atoms with Gasteiger partial charge in [-0.1, -0.05) is 18.5 Å². The number of aromatic nitrogens is 2. The summed E-state index contributed by atoms with van der Waals surface area (Å²) in [7, 11) is 0. The number of rotatable bonds is 1. The molecule has 0 aliphatic rings. The lowest BCUT2D eigenvalue weighted by molar-refractivity contribution is 0.967. The highest BCUT2D eigenvalue weighted by Crippen LogP contribution is 2.12. The molecule has 0 unspecified atom stereocenters. The molecule has 1 aromatic rings. The molecule has 4 heteroatoms. The largest absolute Gasteiger partial charge is 0.191 e. The van der Waals surface area contributed by atoms with Gasteiger partial charge in [0, 0.05) is 0 Å². The zero-order valence-electron chi connectivity index (χ0n) is 6.00. The van der Waals surface area contributed by atoms with E-state index in [9.17, 15) is 0 Å². The maximum atomic E-state index is 8.45. The van der Waals surface area contributed by atoms with Crippen LogP contribution in [-0.2, 0) is 6.42 Å². The molecule has 11 heavy (non-hydrogen) atoms. The smallest absolute Gasteiger partial charge is 0.163 e. The van der Waals surface area contributed by atoms with E-state index in [0.717, 1.165) is 12.0 Å². The Morgan fingerprint density at radius 1 is 1.64 bits per heavy atom. The summed E-state index contributed by atoms with van der Waals surface area (Å²) >= 11 is 5.67. The molecule has 3 nitrogen and oxygen atoms in total. The Morgan fingerprint density at radius 2 is 2.36 bits per heavy atom. The van der Waals surface area contributed by atoms with Gasteiger partial charge in [-0.05, 0) is 18.1 Å². The summed E-state index contributed by atoms with van der Waals surface area (Å²) in [5.74, 6) is 0. The third-order valence-corrected chi connectivity index (χ3v) is 1.64. The first-order valence-electron chi connectivity index (χ1n) is 3.20. The minimum absolute atomic E-state index is 0.311. The molecule has 0 amide bonds. The van der Waals surface area contributed by atoms with E-state index in [2.05, 4.69) is 10.2 Å². The second kappa shape index (κ2) is 3.31. The minimum atomic E-state index is 0.311. The molecule has 56 valence electrons. The Morgan fingerprint density at radius 3 is 2.91 bits per heavy atom. The quantitative estimate of drug-likeness (QED) is 0.638. The molecule has 0 fully saturated rings. The average Bonchev–Trinajstić information content (AvgIpc) is 2.05. The van der Waals surface area contributed by atoms with Crippen molar-refractivity contribution in [3.8, 4) is 6.07 Å². The highest BCUT2D eigenvalue weighted by Gasteiger charge is 2.01. The summed E-state index contributed by atoms with van der Waals surface area (Å²) in [5.41, 5.74) is 1.17. The Hall–Kier alpha value is -1.14. The van der Waals surface area contributed by atoms with Gasteiger partial charge in [0.25, 0.3) is 0 Å². The monoisotopic (exact) mass is 167 g/mol. The summed E-state index contributed by atoms with van der Waals surface area (Å²) in [5, 5.41) is 16.0. The van der Waals surface area contributed by atoms with Gasteiger partial charge in [0.2, 0.25) is 0 Å². The van der Waals surface area contributed by atoms with E-state index in [1.807, 2.05) is 13.0 Å². The fourth-order valence-electron chi connectivity index (χ4n) is 0.718. The van der Waals surface area contributed by atoms with Gasteiger partial charge in [0.15, 0.2) is 10.8 Å². The topological polar surface area (TPSA) is 49.6 Å². The SMILES string of the molecule is CCc1cc(C#N)nnc1Cl. The Labute approximate surface area is 69.6 Å². The molecule has 1 aromatic heterocycles. The summed E-state index contributed by atoms with van der Waals surface area (Å²) in [6.07, 6.45) is 0.767. The number of nitrogens with zero attached hydrogens (tertiary/aromatic N) is 3. The molecule has 1 heterocycles. The highest BCUT2D eigenvalue weighted by molar-refractivity contribution is 6.30. The zero-order valence-corrected chi connectivity index (χ0v) is 6.76. The molecule has 0 spiro atoms. The van der Waals surface area contributed by atoms with Crippen LogP contribution in [0.25, 0.3) is 0 Å². The molecule has 0 N–H and O–H groups in total. The third-order valence-electron chi connectivity index (χ3n) is 1.32. The van der Waals surface area contributed by atoms with Crippen molar-refractivity contribution in [1.82, 2.24) is 10.2 Å². The first-order valence-corrected chi connectivity index (χ1v) is 3.58. The fraction of sp³-hybridized carbons (Fsp3) is 0.286. The number of halogens is 1. The lowest BCUT2D eigenvalue weighted by Gasteiger charge is -1.96.